The van der Waals surface area contributed by atoms with Crippen molar-refractivity contribution < 1.29 is 0 Å². The van der Waals surface area contributed by atoms with E-state index >= 15 is 0 Å². The van der Waals surface area contributed by atoms with Crippen LogP contribution in [0.5, 0.6) is 0 Å². The van der Waals surface area contributed by atoms with E-state index in [1.807, 2.05) is 23.1 Å². The summed E-state index contributed by atoms with van der Waals surface area (Å²) in [4.78, 5) is 2.73. The quantitative estimate of drug-likeness (QED) is 0.289. The maximum absolute atomic E-state index is 2.45. The maximum Gasteiger partial charge on any atom is 0.102 e. The number of fused-ring (bicyclic) bond motifs is 3. The number of thiazole rings is 1. The molecule has 0 saturated heterocycles. The minimum atomic E-state index is 1.18. The van der Waals surface area contributed by atoms with Crippen LogP contribution in [0.2, 0.25) is 0 Å². The fraction of sp³-hybridized carbons (Fsp3) is 0.200. The predicted octanol–water partition coefficient (Wildman–Crippen LogP) is 6.71. The van der Waals surface area contributed by atoms with Gasteiger partial charge in [-0.05, 0) is 29.9 Å². The molecular weight excluding hydrogens is 318 g/mol. The SMILES string of the molecule is CCCCSc1c(-c2ccccc2)sc2cc3ccccc3n12. The van der Waals surface area contributed by atoms with Crippen molar-refractivity contribution in [3.63, 3.8) is 0 Å². The van der Waals surface area contributed by atoms with Gasteiger partial charge >= 0.3 is 0 Å². The number of hydrogen-bond acceptors (Lipinski definition) is 2. The van der Waals surface area contributed by atoms with Crippen LogP contribution in [0.3, 0.4) is 0 Å². The van der Waals surface area contributed by atoms with Gasteiger partial charge in [-0.25, -0.2) is 0 Å². The highest BCUT2D eigenvalue weighted by molar-refractivity contribution is 7.99. The van der Waals surface area contributed by atoms with Crippen LogP contribution in [0.4, 0.5) is 0 Å². The Balaban J connectivity index is 1.93. The van der Waals surface area contributed by atoms with Crippen molar-refractivity contribution in [3.05, 3.63) is 60.7 Å². The average molecular weight is 338 g/mol. The van der Waals surface area contributed by atoms with Crippen molar-refractivity contribution in [1.29, 1.82) is 0 Å². The molecule has 0 aliphatic rings. The molecule has 2 aromatic heterocycles. The summed E-state index contributed by atoms with van der Waals surface area (Å²) in [5, 5.41) is 2.72. The molecule has 3 heteroatoms. The minimum absolute atomic E-state index is 1.18. The first-order valence-electron chi connectivity index (χ1n) is 8.09. The molecule has 0 bridgehead atoms. The lowest BCUT2D eigenvalue weighted by Crippen LogP contribution is -1.88. The van der Waals surface area contributed by atoms with Crippen molar-refractivity contribution in [2.75, 3.05) is 5.75 Å². The van der Waals surface area contributed by atoms with Crippen LogP contribution >= 0.6 is 23.1 Å². The van der Waals surface area contributed by atoms with E-state index in [4.69, 9.17) is 0 Å². The molecule has 0 atom stereocenters. The zero-order chi connectivity index (χ0) is 15.6. The van der Waals surface area contributed by atoms with Crippen LogP contribution in [0.1, 0.15) is 19.8 Å². The highest BCUT2D eigenvalue weighted by Crippen LogP contribution is 2.42. The van der Waals surface area contributed by atoms with Crippen LogP contribution in [0, 0.1) is 0 Å². The maximum atomic E-state index is 2.45. The Hall–Kier alpha value is -1.71. The van der Waals surface area contributed by atoms with Crippen LogP contribution in [0.15, 0.2) is 65.7 Å². The summed E-state index contributed by atoms with van der Waals surface area (Å²) in [7, 11) is 0. The van der Waals surface area contributed by atoms with Crippen molar-refractivity contribution >= 4 is 38.8 Å². The third kappa shape index (κ3) is 2.68. The van der Waals surface area contributed by atoms with E-state index in [1.54, 1.807) is 0 Å². The van der Waals surface area contributed by atoms with E-state index in [2.05, 4.69) is 72.0 Å². The van der Waals surface area contributed by atoms with Crippen molar-refractivity contribution in [2.24, 2.45) is 0 Å². The van der Waals surface area contributed by atoms with E-state index in [0.29, 0.717) is 0 Å². The molecule has 23 heavy (non-hydrogen) atoms. The van der Waals surface area contributed by atoms with Gasteiger partial charge in [-0.3, -0.25) is 4.40 Å². The van der Waals surface area contributed by atoms with Crippen LogP contribution in [-0.2, 0) is 0 Å². The smallest absolute Gasteiger partial charge is 0.102 e. The van der Waals surface area contributed by atoms with Gasteiger partial charge < -0.3 is 0 Å². The largest absolute Gasteiger partial charge is 0.294 e. The van der Waals surface area contributed by atoms with E-state index in [9.17, 15) is 0 Å². The Morgan fingerprint density at radius 3 is 2.61 bits per heavy atom. The van der Waals surface area contributed by atoms with Crippen LogP contribution in [0.25, 0.3) is 26.2 Å². The number of unbranched alkanes of at least 4 members (excludes halogenated alkanes) is 1. The van der Waals surface area contributed by atoms with Crippen molar-refractivity contribution in [3.8, 4) is 10.4 Å². The molecule has 0 unspecified atom stereocenters. The van der Waals surface area contributed by atoms with Crippen molar-refractivity contribution in [2.45, 2.75) is 24.8 Å². The second kappa shape index (κ2) is 6.42. The van der Waals surface area contributed by atoms with Gasteiger partial charge in [0.2, 0.25) is 0 Å². The summed E-state index contributed by atoms with van der Waals surface area (Å²) >= 11 is 3.90. The summed E-state index contributed by atoms with van der Waals surface area (Å²) in [5.41, 5.74) is 2.64. The Bertz CT molecular complexity index is 934. The summed E-state index contributed by atoms with van der Waals surface area (Å²) in [5.74, 6) is 1.18. The molecular formula is C20H19NS2. The number of benzene rings is 2. The summed E-state index contributed by atoms with van der Waals surface area (Å²) in [6.45, 7) is 2.26. The fourth-order valence-electron chi connectivity index (χ4n) is 2.88. The molecule has 0 N–H and O–H groups in total. The molecule has 4 rings (SSSR count). The molecule has 0 aliphatic heterocycles. The third-order valence-corrected chi connectivity index (χ3v) is 6.48. The van der Waals surface area contributed by atoms with Crippen LogP contribution in [-0.4, -0.2) is 10.2 Å². The third-order valence-electron chi connectivity index (χ3n) is 4.05. The Morgan fingerprint density at radius 1 is 1.00 bits per heavy atom. The molecule has 0 amide bonds. The predicted molar refractivity (Wildman–Crippen MR) is 104 cm³/mol. The zero-order valence-electron chi connectivity index (χ0n) is 13.2. The van der Waals surface area contributed by atoms with Gasteiger partial charge in [-0.1, -0.05) is 61.9 Å². The van der Waals surface area contributed by atoms with Gasteiger partial charge in [-0.15, -0.1) is 23.1 Å². The topological polar surface area (TPSA) is 4.41 Å². The van der Waals surface area contributed by atoms with Gasteiger partial charge in [0.05, 0.1) is 15.4 Å². The minimum Gasteiger partial charge on any atom is -0.294 e. The molecule has 2 heterocycles. The monoisotopic (exact) mass is 337 g/mol. The first-order chi connectivity index (χ1) is 11.4. The van der Waals surface area contributed by atoms with Crippen molar-refractivity contribution in [1.82, 2.24) is 4.40 Å². The number of nitrogens with zero attached hydrogens (tertiary/aromatic N) is 1. The summed E-state index contributed by atoms with van der Waals surface area (Å²) in [6.07, 6.45) is 2.50. The highest BCUT2D eigenvalue weighted by atomic mass is 32.2. The van der Waals surface area contributed by atoms with Gasteiger partial charge in [0.1, 0.15) is 4.83 Å². The van der Waals surface area contributed by atoms with E-state index in [-0.39, 0.29) is 0 Å². The Morgan fingerprint density at radius 2 is 1.78 bits per heavy atom. The lowest BCUT2D eigenvalue weighted by Gasteiger charge is -2.06. The zero-order valence-corrected chi connectivity index (χ0v) is 14.8. The first-order valence-corrected chi connectivity index (χ1v) is 9.90. The lowest BCUT2D eigenvalue weighted by molar-refractivity contribution is 0.894. The molecule has 4 aromatic rings. The van der Waals surface area contributed by atoms with Crippen LogP contribution < -0.4 is 0 Å². The highest BCUT2D eigenvalue weighted by Gasteiger charge is 2.16. The van der Waals surface area contributed by atoms with Gasteiger partial charge in [-0.2, -0.15) is 0 Å². The molecule has 2 aromatic carbocycles. The first kappa shape index (κ1) is 14.9. The number of hydrogen-bond donors (Lipinski definition) is 0. The Labute approximate surface area is 145 Å². The summed E-state index contributed by atoms with van der Waals surface area (Å²) in [6, 6.07) is 21.8. The lowest BCUT2D eigenvalue weighted by atomic mass is 10.2. The second-order valence-electron chi connectivity index (χ2n) is 5.68. The van der Waals surface area contributed by atoms with E-state index in [0.717, 1.165) is 0 Å². The number of thioether (sulfide) groups is 1. The molecule has 116 valence electrons. The van der Waals surface area contributed by atoms with Gasteiger partial charge in [0.15, 0.2) is 0 Å². The normalized spacial score (nSPS) is 11.5. The number of aromatic nitrogens is 1. The molecule has 0 fully saturated rings. The second-order valence-corrected chi connectivity index (χ2v) is 7.80. The standard InChI is InChI=1S/C20H19NS2/c1-2-3-13-22-20-19(15-9-5-4-6-10-15)23-18-14-16-11-7-8-12-17(16)21(18)20/h4-12,14H,2-3,13H2,1H3. The molecule has 1 nitrogen and oxygen atoms in total. The Kier molecular flexibility index (Phi) is 4.15. The van der Waals surface area contributed by atoms with Gasteiger partial charge in [0.25, 0.3) is 0 Å². The van der Waals surface area contributed by atoms with E-state index in [1.165, 1.54) is 49.8 Å². The molecule has 0 spiro atoms. The summed E-state index contributed by atoms with van der Waals surface area (Å²) < 4.78 is 2.45. The molecule has 0 aliphatic carbocycles. The molecule has 0 saturated carbocycles. The fourth-order valence-corrected chi connectivity index (χ4v) is 5.55. The average Bonchev–Trinajstić information content (AvgIpc) is 3.12. The number of para-hydroxylation sites is 1. The van der Waals surface area contributed by atoms with Gasteiger partial charge in [0, 0.05) is 5.39 Å². The molecule has 0 radical (unpaired) electrons. The number of rotatable bonds is 5. The van der Waals surface area contributed by atoms with E-state index < -0.39 is 0 Å².